The molecule has 0 spiro atoms. The Morgan fingerprint density at radius 1 is 1.18 bits per heavy atom. The van der Waals surface area contributed by atoms with Crippen LogP contribution in [-0.2, 0) is 29.0 Å². The van der Waals surface area contributed by atoms with Crippen molar-refractivity contribution in [3.63, 3.8) is 0 Å². The molecule has 2 atom stereocenters. The molecule has 0 radical (unpaired) electrons. The van der Waals surface area contributed by atoms with Crippen molar-refractivity contribution in [2.45, 2.75) is 38.0 Å². The maximum Gasteiger partial charge on any atom is 0.260 e. The molecule has 1 heterocycles. The molecule has 8 heteroatoms. The minimum atomic E-state index is -0.738. The molecule has 178 valence electrons. The van der Waals surface area contributed by atoms with Crippen LogP contribution in [0.5, 0.6) is 11.5 Å². The number of carbonyl (C=O) groups excluding carboxylic acids is 1. The molecule has 1 aliphatic heterocycles. The van der Waals surface area contributed by atoms with Gasteiger partial charge in [0.2, 0.25) is 0 Å². The number of aliphatic hydroxyl groups excluding tert-OH is 2. The molecular formula is C25H32N2O6. The topological polar surface area (TPSA) is 111 Å². The van der Waals surface area contributed by atoms with Crippen LogP contribution in [0.15, 0.2) is 36.4 Å². The van der Waals surface area contributed by atoms with E-state index in [0.717, 1.165) is 19.3 Å². The fourth-order valence-electron chi connectivity index (χ4n) is 4.38. The first kappa shape index (κ1) is 23.5. The molecule has 4 N–H and O–H groups in total. The summed E-state index contributed by atoms with van der Waals surface area (Å²) in [4.78, 5) is 14.1. The fraction of sp³-hybridized carbons (Fsp3) is 0.480. The summed E-state index contributed by atoms with van der Waals surface area (Å²) in [6.07, 6.45) is 1.98. The quantitative estimate of drug-likeness (QED) is 0.474. The van der Waals surface area contributed by atoms with Crippen LogP contribution < -0.4 is 10.1 Å². The predicted octanol–water partition coefficient (Wildman–Crippen LogP) is 1.30. The van der Waals surface area contributed by atoms with E-state index >= 15 is 0 Å². The van der Waals surface area contributed by atoms with Crippen molar-refractivity contribution in [1.82, 2.24) is 10.2 Å². The molecule has 0 saturated carbocycles. The molecule has 1 saturated heterocycles. The number of aromatic hydroxyl groups is 1. The van der Waals surface area contributed by atoms with Gasteiger partial charge in [0, 0.05) is 31.2 Å². The molecule has 2 aromatic rings. The molecule has 1 fully saturated rings. The highest BCUT2D eigenvalue weighted by Crippen LogP contribution is 2.27. The van der Waals surface area contributed by atoms with Crippen molar-refractivity contribution in [3.8, 4) is 11.5 Å². The molecule has 33 heavy (non-hydrogen) atoms. The maximum absolute atomic E-state index is 12.3. The van der Waals surface area contributed by atoms with Gasteiger partial charge in [0.25, 0.3) is 5.91 Å². The number of rotatable bonds is 8. The van der Waals surface area contributed by atoms with Crippen LogP contribution in [0, 0.1) is 0 Å². The van der Waals surface area contributed by atoms with Crippen molar-refractivity contribution in [2.75, 3.05) is 39.5 Å². The Labute approximate surface area is 193 Å². The number of phenols is 1. The third-order valence-electron chi connectivity index (χ3n) is 6.39. The van der Waals surface area contributed by atoms with Crippen LogP contribution in [0.2, 0.25) is 0 Å². The number of hydrogen-bond acceptors (Lipinski definition) is 7. The monoisotopic (exact) mass is 456 g/mol. The lowest BCUT2D eigenvalue weighted by Crippen LogP contribution is -2.43. The molecule has 0 bridgehead atoms. The number of ether oxygens (including phenoxy) is 2. The van der Waals surface area contributed by atoms with E-state index in [2.05, 4.69) is 11.4 Å². The number of carbonyl (C=O) groups is 1. The highest BCUT2D eigenvalue weighted by atomic mass is 16.5. The Balaban J connectivity index is 1.29. The fourth-order valence-corrected chi connectivity index (χ4v) is 4.38. The van der Waals surface area contributed by atoms with Crippen LogP contribution in [0.4, 0.5) is 0 Å². The Morgan fingerprint density at radius 2 is 2.00 bits per heavy atom. The Kier molecular flexibility index (Phi) is 7.82. The Morgan fingerprint density at radius 3 is 2.79 bits per heavy atom. The van der Waals surface area contributed by atoms with E-state index in [-0.39, 0.29) is 30.9 Å². The zero-order valence-corrected chi connectivity index (χ0v) is 18.7. The SMILES string of the molecule is O=C(COc1ccc2c(c1)C[C@@H](NC[C@H](O)c1ccc(O)c(CO)c1)CC2)N1CCOCC1. The van der Waals surface area contributed by atoms with Gasteiger partial charge in [-0.05, 0) is 60.2 Å². The lowest BCUT2D eigenvalue weighted by Gasteiger charge is -2.28. The van der Waals surface area contributed by atoms with Gasteiger partial charge in [0.1, 0.15) is 11.5 Å². The van der Waals surface area contributed by atoms with Crippen LogP contribution >= 0.6 is 0 Å². The lowest BCUT2D eigenvalue weighted by molar-refractivity contribution is -0.137. The number of amides is 1. The zero-order valence-electron chi connectivity index (χ0n) is 18.7. The molecule has 4 rings (SSSR count). The number of hydrogen-bond donors (Lipinski definition) is 4. The van der Waals surface area contributed by atoms with Gasteiger partial charge in [0.05, 0.1) is 25.9 Å². The van der Waals surface area contributed by atoms with E-state index in [4.69, 9.17) is 9.47 Å². The summed E-state index contributed by atoms with van der Waals surface area (Å²) in [5.41, 5.74) is 3.53. The summed E-state index contributed by atoms with van der Waals surface area (Å²) >= 11 is 0. The Bertz CT molecular complexity index is 960. The van der Waals surface area contributed by atoms with Gasteiger partial charge >= 0.3 is 0 Å². The second-order valence-electron chi connectivity index (χ2n) is 8.62. The minimum absolute atomic E-state index is 0.0229. The summed E-state index contributed by atoms with van der Waals surface area (Å²) in [5.74, 6) is 0.690. The number of fused-ring (bicyclic) bond motifs is 1. The largest absolute Gasteiger partial charge is 0.508 e. The van der Waals surface area contributed by atoms with E-state index in [1.807, 2.05) is 12.1 Å². The van der Waals surface area contributed by atoms with Crippen molar-refractivity contribution >= 4 is 5.91 Å². The highest BCUT2D eigenvalue weighted by Gasteiger charge is 2.21. The van der Waals surface area contributed by atoms with Gasteiger partial charge in [-0.3, -0.25) is 4.79 Å². The van der Waals surface area contributed by atoms with E-state index in [1.165, 1.54) is 17.2 Å². The normalized spacial score (nSPS) is 19.1. The van der Waals surface area contributed by atoms with E-state index in [1.54, 1.807) is 17.0 Å². The van der Waals surface area contributed by atoms with Crippen LogP contribution in [0.25, 0.3) is 0 Å². The summed E-state index contributed by atoms with van der Waals surface area (Å²) in [6.45, 7) is 2.48. The molecular weight excluding hydrogens is 424 g/mol. The lowest BCUT2D eigenvalue weighted by atomic mass is 9.88. The van der Waals surface area contributed by atoms with E-state index in [9.17, 15) is 20.1 Å². The third kappa shape index (κ3) is 6.03. The van der Waals surface area contributed by atoms with Gasteiger partial charge in [-0.25, -0.2) is 0 Å². The number of aryl methyl sites for hydroxylation is 1. The second-order valence-corrected chi connectivity index (χ2v) is 8.62. The first-order valence-electron chi connectivity index (χ1n) is 11.5. The molecule has 1 amide bonds. The molecule has 2 aliphatic rings. The summed E-state index contributed by atoms with van der Waals surface area (Å²) in [7, 11) is 0. The average Bonchev–Trinajstić information content (AvgIpc) is 2.86. The summed E-state index contributed by atoms with van der Waals surface area (Å²) < 4.78 is 11.1. The predicted molar refractivity (Wildman–Crippen MR) is 122 cm³/mol. The zero-order chi connectivity index (χ0) is 23.2. The summed E-state index contributed by atoms with van der Waals surface area (Å²) in [5, 5.41) is 33.0. The minimum Gasteiger partial charge on any atom is -0.508 e. The Hall–Kier alpha value is -2.65. The van der Waals surface area contributed by atoms with Crippen LogP contribution in [0.3, 0.4) is 0 Å². The summed E-state index contributed by atoms with van der Waals surface area (Å²) in [6, 6.07) is 11.0. The van der Waals surface area contributed by atoms with E-state index in [0.29, 0.717) is 49.7 Å². The van der Waals surface area contributed by atoms with Crippen molar-refractivity contribution in [1.29, 1.82) is 0 Å². The smallest absolute Gasteiger partial charge is 0.260 e. The molecule has 8 nitrogen and oxygen atoms in total. The molecule has 2 aromatic carbocycles. The molecule has 0 aromatic heterocycles. The van der Waals surface area contributed by atoms with Crippen LogP contribution in [-0.4, -0.2) is 71.6 Å². The average molecular weight is 457 g/mol. The van der Waals surface area contributed by atoms with Crippen molar-refractivity contribution in [3.05, 3.63) is 58.7 Å². The standard InChI is InChI=1S/C25H32N2O6/c28-15-20-11-18(3-6-23(20)29)24(30)14-26-21-4-1-17-2-5-22(13-19(17)12-21)33-16-25(31)27-7-9-32-10-8-27/h2-3,5-6,11,13,21,24,26,28-30H,1,4,7-10,12,14-16H2/t21-,24-/m0/s1. The number of aliphatic hydroxyl groups is 2. The molecule has 0 unspecified atom stereocenters. The number of morpholine rings is 1. The number of nitrogens with zero attached hydrogens (tertiary/aromatic N) is 1. The van der Waals surface area contributed by atoms with Crippen LogP contribution in [0.1, 0.15) is 34.8 Å². The second kappa shape index (κ2) is 11.0. The van der Waals surface area contributed by atoms with Gasteiger partial charge in [-0.2, -0.15) is 0 Å². The first-order valence-corrected chi connectivity index (χ1v) is 11.5. The first-order chi connectivity index (χ1) is 16.0. The number of nitrogens with one attached hydrogen (secondary N) is 1. The maximum atomic E-state index is 12.3. The van der Waals surface area contributed by atoms with Gasteiger partial charge < -0.3 is 35.0 Å². The van der Waals surface area contributed by atoms with Gasteiger partial charge in [0.15, 0.2) is 6.61 Å². The van der Waals surface area contributed by atoms with Gasteiger partial charge in [-0.1, -0.05) is 12.1 Å². The third-order valence-corrected chi connectivity index (χ3v) is 6.39. The number of benzene rings is 2. The van der Waals surface area contributed by atoms with E-state index < -0.39 is 6.10 Å². The van der Waals surface area contributed by atoms with Crippen molar-refractivity contribution in [2.24, 2.45) is 0 Å². The highest BCUT2D eigenvalue weighted by molar-refractivity contribution is 5.77. The molecule has 1 aliphatic carbocycles. The van der Waals surface area contributed by atoms with Crippen molar-refractivity contribution < 1.29 is 29.6 Å². The van der Waals surface area contributed by atoms with Gasteiger partial charge in [-0.15, -0.1) is 0 Å².